The summed E-state index contributed by atoms with van der Waals surface area (Å²) >= 11 is 0. The van der Waals surface area contributed by atoms with Crippen LogP contribution in [0.5, 0.6) is 0 Å². The van der Waals surface area contributed by atoms with Gasteiger partial charge in [0.2, 0.25) is 0 Å². The number of carbonyl (C=O) groups is 1. The zero-order chi connectivity index (χ0) is 20.9. The molecule has 1 heterocycles. The summed E-state index contributed by atoms with van der Waals surface area (Å²) in [7, 11) is 2.01. The van der Waals surface area contributed by atoms with Crippen LogP contribution in [0.25, 0.3) is 0 Å². The number of benzene rings is 2. The highest BCUT2D eigenvalue weighted by molar-refractivity contribution is 5.94. The van der Waals surface area contributed by atoms with E-state index < -0.39 is 0 Å². The Kier molecular flexibility index (Phi) is 6.10. The zero-order valence-electron chi connectivity index (χ0n) is 17.2. The standard InChI is InChI=1S/C25H27N3O2/c1-28(16-18-8-3-2-4-9-18)17-20-14-15-22(24(29)26-20)25(30)27-23-13-7-11-19-10-5-6-12-21(19)23/h2-6,8-10,12,14-15,23H,7,11,13,16-17H2,1H3,(H,26,29)(H,27,30)/t23-/m0/s1. The first-order valence-corrected chi connectivity index (χ1v) is 10.4. The van der Waals surface area contributed by atoms with Crippen molar-refractivity contribution in [2.45, 2.75) is 38.4 Å². The smallest absolute Gasteiger partial charge is 0.261 e. The molecule has 1 amide bonds. The van der Waals surface area contributed by atoms with Gasteiger partial charge in [0.25, 0.3) is 11.5 Å². The molecule has 0 fully saturated rings. The van der Waals surface area contributed by atoms with Gasteiger partial charge in [0, 0.05) is 18.8 Å². The molecule has 1 aliphatic carbocycles. The Morgan fingerprint density at radius 2 is 1.80 bits per heavy atom. The van der Waals surface area contributed by atoms with Crippen LogP contribution in [-0.2, 0) is 19.5 Å². The van der Waals surface area contributed by atoms with Gasteiger partial charge in [0.1, 0.15) is 5.56 Å². The highest BCUT2D eigenvalue weighted by Gasteiger charge is 2.23. The molecule has 2 aromatic carbocycles. The van der Waals surface area contributed by atoms with Gasteiger partial charge in [-0.15, -0.1) is 0 Å². The molecule has 2 N–H and O–H groups in total. The molecular weight excluding hydrogens is 374 g/mol. The number of aryl methyl sites for hydroxylation is 1. The molecule has 5 nitrogen and oxygen atoms in total. The molecular formula is C25H27N3O2. The Labute approximate surface area is 176 Å². The molecule has 1 atom stereocenters. The van der Waals surface area contributed by atoms with E-state index >= 15 is 0 Å². The Morgan fingerprint density at radius 1 is 1.03 bits per heavy atom. The van der Waals surface area contributed by atoms with Gasteiger partial charge in [-0.3, -0.25) is 14.5 Å². The second kappa shape index (κ2) is 9.09. The average Bonchev–Trinajstić information content (AvgIpc) is 2.74. The first kappa shape index (κ1) is 20.1. The highest BCUT2D eigenvalue weighted by Crippen LogP contribution is 2.29. The number of carbonyl (C=O) groups excluding carboxylic acids is 1. The van der Waals surface area contributed by atoms with Crippen LogP contribution in [-0.4, -0.2) is 22.8 Å². The molecule has 0 radical (unpaired) electrons. The third kappa shape index (κ3) is 4.69. The molecule has 1 aromatic heterocycles. The molecule has 0 aliphatic heterocycles. The maximum Gasteiger partial charge on any atom is 0.261 e. The number of pyridine rings is 1. The van der Waals surface area contributed by atoms with Gasteiger partial charge in [0.05, 0.1) is 6.04 Å². The Bertz CT molecular complexity index is 1080. The van der Waals surface area contributed by atoms with Crippen molar-refractivity contribution in [2.75, 3.05) is 7.05 Å². The first-order valence-electron chi connectivity index (χ1n) is 10.4. The van der Waals surface area contributed by atoms with Gasteiger partial charge in [-0.05, 0) is 55.1 Å². The minimum atomic E-state index is -0.345. The Morgan fingerprint density at radius 3 is 2.60 bits per heavy atom. The van der Waals surface area contributed by atoms with E-state index in [2.05, 4.69) is 39.5 Å². The fourth-order valence-electron chi connectivity index (χ4n) is 4.17. The van der Waals surface area contributed by atoms with Crippen LogP contribution in [0.2, 0.25) is 0 Å². The lowest BCUT2D eigenvalue weighted by Gasteiger charge is -2.26. The van der Waals surface area contributed by atoms with Gasteiger partial charge >= 0.3 is 0 Å². The first-order chi connectivity index (χ1) is 14.6. The summed E-state index contributed by atoms with van der Waals surface area (Å²) in [4.78, 5) is 30.3. The number of amides is 1. The average molecular weight is 402 g/mol. The molecule has 4 rings (SSSR count). The van der Waals surface area contributed by atoms with E-state index in [0.29, 0.717) is 6.54 Å². The van der Waals surface area contributed by atoms with E-state index in [0.717, 1.165) is 37.1 Å². The lowest BCUT2D eigenvalue weighted by molar-refractivity contribution is 0.0931. The fraction of sp³-hybridized carbons (Fsp3) is 0.280. The van der Waals surface area contributed by atoms with Crippen molar-refractivity contribution in [3.8, 4) is 0 Å². The summed E-state index contributed by atoms with van der Waals surface area (Å²) < 4.78 is 0. The summed E-state index contributed by atoms with van der Waals surface area (Å²) in [5, 5.41) is 3.06. The van der Waals surface area contributed by atoms with Crippen molar-refractivity contribution in [3.63, 3.8) is 0 Å². The predicted molar refractivity (Wildman–Crippen MR) is 118 cm³/mol. The summed E-state index contributed by atoms with van der Waals surface area (Å²) in [5.74, 6) is -0.317. The van der Waals surface area contributed by atoms with Crippen LogP contribution >= 0.6 is 0 Å². The topological polar surface area (TPSA) is 65.2 Å². The van der Waals surface area contributed by atoms with Crippen LogP contribution in [0.4, 0.5) is 0 Å². The van der Waals surface area contributed by atoms with Crippen molar-refractivity contribution in [1.29, 1.82) is 0 Å². The molecule has 0 unspecified atom stereocenters. The number of nitrogens with zero attached hydrogens (tertiary/aromatic N) is 1. The highest BCUT2D eigenvalue weighted by atomic mass is 16.2. The van der Waals surface area contributed by atoms with E-state index in [9.17, 15) is 9.59 Å². The van der Waals surface area contributed by atoms with E-state index in [-0.39, 0.29) is 23.1 Å². The number of rotatable bonds is 6. The molecule has 0 spiro atoms. The van der Waals surface area contributed by atoms with E-state index in [4.69, 9.17) is 0 Å². The van der Waals surface area contributed by atoms with E-state index in [1.807, 2.05) is 43.4 Å². The van der Waals surface area contributed by atoms with Crippen LogP contribution in [0, 0.1) is 0 Å². The molecule has 1 aliphatic rings. The van der Waals surface area contributed by atoms with Gasteiger partial charge < -0.3 is 10.3 Å². The zero-order valence-corrected chi connectivity index (χ0v) is 17.2. The minimum absolute atomic E-state index is 0.0430. The quantitative estimate of drug-likeness (QED) is 0.660. The van der Waals surface area contributed by atoms with Gasteiger partial charge in [0.15, 0.2) is 0 Å². The molecule has 0 saturated carbocycles. The monoisotopic (exact) mass is 401 g/mol. The Balaban J connectivity index is 1.42. The lowest BCUT2D eigenvalue weighted by atomic mass is 9.87. The van der Waals surface area contributed by atoms with Gasteiger partial charge in [-0.25, -0.2) is 0 Å². The number of nitrogens with one attached hydrogen (secondary N) is 2. The summed E-state index contributed by atoms with van der Waals surface area (Å²) in [5.41, 5.74) is 4.26. The maximum atomic E-state index is 12.8. The number of aromatic nitrogens is 1. The maximum absolute atomic E-state index is 12.8. The van der Waals surface area contributed by atoms with Crippen molar-refractivity contribution < 1.29 is 4.79 Å². The number of hydrogen-bond donors (Lipinski definition) is 2. The summed E-state index contributed by atoms with van der Waals surface area (Å²) in [6.07, 6.45) is 2.96. The van der Waals surface area contributed by atoms with Crippen LogP contribution in [0.15, 0.2) is 71.5 Å². The van der Waals surface area contributed by atoms with Crippen molar-refractivity contribution >= 4 is 5.91 Å². The number of H-pyrrole nitrogens is 1. The molecule has 0 saturated heterocycles. The minimum Gasteiger partial charge on any atom is -0.345 e. The summed E-state index contributed by atoms with van der Waals surface area (Å²) in [6, 6.07) is 21.8. The second-order valence-electron chi connectivity index (χ2n) is 8.00. The van der Waals surface area contributed by atoms with Crippen LogP contribution in [0.1, 0.15) is 51.6 Å². The number of aromatic amines is 1. The molecule has 30 heavy (non-hydrogen) atoms. The molecule has 0 bridgehead atoms. The molecule has 3 aromatic rings. The van der Waals surface area contributed by atoms with Crippen molar-refractivity contribution in [1.82, 2.24) is 15.2 Å². The SMILES string of the molecule is CN(Cc1ccccc1)Cc1ccc(C(=O)N[C@H]2CCCc3ccccc32)c(=O)[nH]1. The van der Waals surface area contributed by atoms with Crippen molar-refractivity contribution in [3.05, 3.63) is 105 Å². The molecule has 5 heteroatoms. The van der Waals surface area contributed by atoms with E-state index in [1.165, 1.54) is 11.1 Å². The van der Waals surface area contributed by atoms with Gasteiger partial charge in [-0.2, -0.15) is 0 Å². The van der Waals surface area contributed by atoms with Crippen molar-refractivity contribution in [2.24, 2.45) is 0 Å². The number of hydrogen-bond acceptors (Lipinski definition) is 3. The van der Waals surface area contributed by atoms with Crippen LogP contribution in [0.3, 0.4) is 0 Å². The fourth-order valence-corrected chi connectivity index (χ4v) is 4.17. The van der Waals surface area contributed by atoms with Crippen LogP contribution < -0.4 is 10.9 Å². The lowest BCUT2D eigenvalue weighted by Crippen LogP contribution is -2.34. The normalized spacial score (nSPS) is 15.6. The third-order valence-corrected chi connectivity index (χ3v) is 5.62. The van der Waals surface area contributed by atoms with Gasteiger partial charge in [-0.1, -0.05) is 54.6 Å². The Hall–Kier alpha value is -3.18. The largest absolute Gasteiger partial charge is 0.345 e. The predicted octanol–water partition coefficient (Wildman–Crippen LogP) is 3.81. The number of fused-ring (bicyclic) bond motifs is 1. The molecule has 154 valence electrons. The second-order valence-corrected chi connectivity index (χ2v) is 8.00. The third-order valence-electron chi connectivity index (χ3n) is 5.62. The van der Waals surface area contributed by atoms with E-state index in [1.54, 1.807) is 6.07 Å². The summed E-state index contributed by atoms with van der Waals surface area (Å²) in [6.45, 7) is 1.38.